The van der Waals surface area contributed by atoms with Crippen molar-refractivity contribution >= 4 is 27.7 Å². The summed E-state index contributed by atoms with van der Waals surface area (Å²) >= 11 is 3.55. The predicted molar refractivity (Wildman–Crippen MR) is 133 cm³/mol. The van der Waals surface area contributed by atoms with Crippen LogP contribution in [0.5, 0.6) is 11.5 Å². The van der Waals surface area contributed by atoms with E-state index < -0.39 is 6.04 Å². The molecular weight excluding hydrogens is 484 g/mol. The number of nitrogens with one attached hydrogen (secondary N) is 1. The van der Waals surface area contributed by atoms with Crippen LogP contribution < -0.4 is 14.8 Å². The number of carbonyl (C=O) groups is 2. The van der Waals surface area contributed by atoms with Gasteiger partial charge in [-0.15, -0.1) is 0 Å². The lowest BCUT2D eigenvalue weighted by atomic mass is 10.1. The van der Waals surface area contributed by atoms with Crippen LogP contribution in [0.3, 0.4) is 0 Å². The van der Waals surface area contributed by atoms with Gasteiger partial charge in [-0.3, -0.25) is 9.59 Å². The van der Waals surface area contributed by atoms with Gasteiger partial charge in [-0.25, -0.2) is 0 Å². The fourth-order valence-corrected chi connectivity index (χ4v) is 4.39. The third-order valence-electron chi connectivity index (χ3n) is 6.13. The zero-order valence-electron chi connectivity index (χ0n) is 19.8. The topological polar surface area (TPSA) is 67.9 Å². The average molecular weight is 517 g/mol. The molecule has 1 unspecified atom stereocenters. The highest BCUT2D eigenvalue weighted by atomic mass is 79.9. The van der Waals surface area contributed by atoms with E-state index in [1.807, 2.05) is 50.2 Å². The standard InChI is InChI=1S/C26H33BrN2O4/c1-17-12-23(13-18(2)25(17)27)33-16-24(30)29(15-20-8-7-11-22(14-20)32-4)19(3)26(31)28-21-9-5-6-10-21/h7-8,11-14,19,21H,5-6,9-10,15-16H2,1-4H3,(H,28,31). The van der Waals surface area contributed by atoms with Crippen molar-refractivity contribution in [1.82, 2.24) is 10.2 Å². The number of hydrogen-bond donors (Lipinski definition) is 1. The molecule has 0 radical (unpaired) electrons. The smallest absolute Gasteiger partial charge is 0.261 e. The summed E-state index contributed by atoms with van der Waals surface area (Å²) in [6, 6.07) is 10.9. The molecule has 0 bridgehead atoms. The zero-order chi connectivity index (χ0) is 24.0. The minimum Gasteiger partial charge on any atom is -0.497 e. The minimum atomic E-state index is -0.624. The highest BCUT2D eigenvalue weighted by Crippen LogP contribution is 2.26. The third-order valence-corrected chi connectivity index (χ3v) is 7.38. The van der Waals surface area contributed by atoms with Crippen molar-refractivity contribution in [2.45, 2.75) is 65.1 Å². The van der Waals surface area contributed by atoms with Gasteiger partial charge in [-0.05, 0) is 74.6 Å². The number of hydrogen-bond acceptors (Lipinski definition) is 4. The van der Waals surface area contributed by atoms with Crippen LogP contribution in [0.15, 0.2) is 40.9 Å². The van der Waals surface area contributed by atoms with Crippen LogP contribution in [0.25, 0.3) is 0 Å². The Kier molecular flexibility index (Phi) is 8.78. The molecule has 0 saturated heterocycles. The lowest BCUT2D eigenvalue weighted by molar-refractivity contribution is -0.142. The zero-order valence-corrected chi connectivity index (χ0v) is 21.4. The Morgan fingerprint density at radius 1 is 1.12 bits per heavy atom. The van der Waals surface area contributed by atoms with Crippen molar-refractivity contribution in [2.75, 3.05) is 13.7 Å². The van der Waals surface area contributed by atoms with E-state index in [9.17, 15) is 9.59 Å². The van der Waals surface area contributed by atoms with E-state index in [4.69, 9.17) is 9.47 Å². The molecule has 0 aliphatic heterocycles. The molecule has 178 valence electrons. The fourth-order valence-electron chi connectivity index (χ4n) is 4.16. The van der Waals surface area contributed by atoms with Gasteiger partial charge in [0.25, 0.3) is 5.91 Å². The summed E-state index contributed by atoms with van der Waals surface area (Å²) in [5.74, 6) is 0.963. The fraction of sp³-hybridized carbons (Fsp3) is 0.462. The first-order valence-electron chi connectivity index (χ1n) is 11.4. The van der Waals surface area contributed by atoms with Crippen LogP contribution in [0.2, 0.25) is 0 Å². The molecule has 1 aliphatic carbocycles. The molecule has 6 nitrogen and oxygen atoms in total. The summed E-state index contributed by atoms with van der Waals surface area (Å²) in [5.41, 5.74) is 2.96. The van der Waals surface area contributed by atoms with Crippen molar-refractivity contribution in [3.05, 3.63) is 57.6 Å². The number of carbonyl (C=O) groups excluding carboxylic acids is 2. The molecule has 1 saturated carbocycles. The number of aryl methyl sites for hydroxylation is 2. The van der Waals surface area contributed by atoms with E-state index in [1.54, 1.807) is 18.9 Å². The van der Waals surface area contributed by atoms with E-state index in [-0.39, 0.29) is 31.0 Å². The van der Waals surface area contributed by atoms with E-state index in [2.05, 4.69) is 21.2 Å². The van der Waals surface area contributed by atoms with Crippen LogP contribution in [-0.4, -0.2) is 42.5 Å². The quantitative estimate of drug-likeness (QED) is 0.513. The number of halogens is 1. The summed E-state index contributed by atoms with van der Waals surface area (Å²) in [4.78, 5) is 27.8. The third kappa shape index (κ3) is 6.73. The van der Waals surface area contributed by atoms with Gasteiger partial charge in [0.2, 0.25) is 5.91 Å². The Hall–Kier alpha value is -2.54. The van der Waals surface area contributed by atoms with Gasteiger partial charge in [0, 0.05) is 17.1 Å². The molecule has 1 fully saturated rings. The van der Waals surface area contributed by atoms with E-state index in [1.165, 1.54) is 0 Å². The van der Waals surface area contributed by atoms with Crippen molar-refractivity contribution in [2.24, 2.45) is 0 Å². The lowest BCUT2D eigenvalue weighted by Gasteiger charge is -2.29. The van der Waals surface area contributed by atoms with Crippen molar-refractivity contribution in [3.8, 4) is 11.5 Å². The minimum absolute atomic E-state index is 0.131. The molecule has 0 spiro atoms. The summed E-state index contributed by atoms with van der Waals surface area (Å²) in [7, 11) is 1.61. The van der Waals surface area contributed by atoms with Gasteiger partial charge in [0.05, 0.1) is 7.11 Å². The van der Waals surface area contributed by atoms with Crippen molar-refractivity contribution in [3.63, 3.8) is 0 Å². The molecule has 3 rings (SSSR count). The number of methoxy groups -OCH3 is 1. The Morgan fingerprint density at radius 3 is 2.42 bits per heavy atom. The molecule has 2 aromatic rings. The predicted octanol–water partition coefficient (Wildman–Crippen LogP) is 4.93. The Morgan fingerprint density at radius 2 is 1.79 bits per heavy atom. The molecule has 2 aromatic carbocycles. The van der Waals surface area contributed by atoms with E-state index in [0.717, 1.165) is 46.8 Å². The summed E-state index contributed by atoms with van der Waals surface area (Å²) < 4.78 is 12.2. The van der Waals surface area contributed by atoms with Crippen molar-refractivity contribution in [1.29, 1.82) is 0 Å². The number of nitrogens with zero attached hydrogens (tertiary/aromatic N) is 1. The molecule has 7 heteroatoms. The molecule has 1 atom stereocenters. The van der Waals surface area contributed by atoms with Crippen LogP contribution in [0.4, 0.5) is 0 Å². The summed E-state index contributed by atoms with van der Waals surface area (Å²) in [6.45, 7) is 5.88. The summed E-state index contributed by atoms with van der Waals surface area (Å²) in [6.07, 6.45) is 4.25. The SMILES string of the molecule is COc1cccc(CN(C(=O)COc2cc(C)c(Br)c(C)c2)C(C)C(=O)NC2CCCC2)c1. The summed E-state index contributed by atoms with van der Waals surface area (Å²) in [5, 5.41) is 3.11. The largest absolute Gasteiger partial charge is 0.497 e. The van der Waals surface area contributed by atoms with Crippen LogP contribution in [0.1, 0.15) is 49.3 Å². The van der Waals surface area contributed by atoms with E-state index >= 15 is 0 Å². The first kappa shape index (κ1) is 25.1. The van der Waals surface area contributed by atoms with Crippen LogP contribution in [-0.2, 0) is 16.1 Å². The second-order valence-corrected chi connectivity index (χ2v) is 9.49. The number of amides is 2. The monoisotopic (exact) mass is 516 g/mol. The van der Waals surface area contributed by atoms with Crippen molar-refractivity contribution < 1.29 is 19.1 Å². The number of benzene rings is 2. The highest BCUT2D eigenvalue weighted by molar-refractivity contribution is 9.10. The maximum Gasteiger partial charge on any atom is 0.261 e. The maximum atomic E-state index is 13.3. The Balaban J connectivity index is 1.75. The first-order chi connectivity index (χ1) is 15.8. The normalized spacial score (nSPS) is 14.6. The molecule has 2 amide bonds. The Labute approximate surface area is 204 Å². The van der Waals surface area contributed by atoms with Gasteiger partial charge in [0.1, 0.15) is 17.5 Å². The van der Waals surface area contributed by atoms with Gasteiger partial charge in [-0.2, -0.15) is 0 Å². The van der Waals surface area contributed by atoms with Gasteiger partial charge >= 0.3 is 0 Å². The molecular formula is C26H33BrN2O4. The van der Waals surface area contributed by atoms with Gasteiger partial charge in [0.15, 0.2) is 6.61 Å². The maximum absolute atomic E-state index is 13.3. The number of rotatable bonds is 9. The molecule has 1 aliphatic rings. The highest BCUT2D eigenvalue weighted by Gasteiger charge is 2.29. The first-order valence-corrected chi connectivity index (χ1v) is 12.2. The van der Waals surface area contributed by atoms with Crippen LogP contribution >= 0.6 is 15.9 Å². The average Bonchev–Trinajstić information content (AvgIpc) is 3.32. The molecule has 0 heterocycles. The molecule has 0 aromatic heterocycles. The van der Waals surface area contributed by atoms with Gasteiger partial charge in [-0.1, -0.05) is 40.9 Å². The van der Waals surface area contributed by atoms with Crippen LogP contribution in [0, 0.1) is 13.8 Å². The Bertz CT molecular complexity index is 965. The second kappa shape index (κ2) is 11.5. The molecule has 33 heavy (non-hydrogen) atoms. The number of ether oxygens (including phenoxy) is 2. The molecule has 1 N–H and O–H groups in total. The van der Waals surface area contributed by atoms with Gasteiger partial charge < -0.3 is 19.7 Å². The lowest BCUT2D eigenvalue weighted by Crippen LogP contribution is -2.50. The second-order valence-electron chi connectivity index (χ2n) is 8.70. The van der Waals surface area contributed by atoms with E-state index in [0.29, 0.717) is 11.5 Å².